The van der Waals surface area contributed by atoms with Gasteiger partial charge in [0, 0.05) is 11.6 Å². The average Bonchev–Trinajstić information content (AvgIpc) is 3.25. The Kier molecular flexibility index (Phi) is 4.11. The number of pyridine rings is 1. The smallest absolute Gasteiger partial charge is 0.257 e. The molecule has 126 valence electrons. The summed E-state index contributed by atoms with van der Waals surface area (Å²) in [6, 6.07) is 4.90. The number of hydrogen-bond donors (Lipinski definition) is 4. The molecule has 1 heterocycles. The molecule has 0 radical (unpaired) electrons. The van der Waals surface area contributed by atoms with Crippen molar-refractivity contribution in [3.05, 3.63) is 45.7 Å². The molecule has 1 aromatic carbocycles. The van der Waals surface area contributed by atoms with Gasteiger partial charge in [0.05, 0.1) is 17.6 Å². The Balaban J connectivity index is 1.73. The first-order valence-electron chi connectivity index (χ1n) is 7.79. The van der Waals surface area contributed by atoms with Crippen LogP contribution in [0.1, 0.15) is 29.3 Å². The Morgan fingerprint density at radius 1 is 1.29 bits per heavy atom. The third-order valence-electron chi connectivity index (χ3n) is 4.18. The summed E-state index contributed by atoms with van der Waals surface area (Å²) in [7, 11) is 0. The van der Waals surface area contributed by atoms with E-state index in [1.807, 2.05) is 13.0 Å². The van der Waals surface area contributed by atoms with E-state index in [0.717, 1.165) is 5.56 Å². The number of nitrogens with one attached hydrogen (secondary N) is 3. The summed E-state index contributed by atoms with van der Waals surface area (Å²) < 4.78 is 0. The number of hydrogen-bond acceptors (Lipinski definition) is 4. The van der Waals surface area contributed by atoms with Gasteiger partial charge in [-0.1, -0.05) is 12.1 Å². The van der Waals surface area contributed by atoms with Gasteiger partial charge in [0.15, 0.2) is 0 Å². The summed E-state index contributed by atoms with van der Waals surface area (Å²) in [5, 5.41) is 15.0. The first-order chi connectivity index (χ1) is 11.4. The number of carbonyl (C=O) groups is 2. The molecule has 1 aliphatic rings. The molecule has 1 aromatic heterocycles. The van der Waals surface area contributed by atoms with Crippen molar-refractivity contribution < 1.29 is 14.7 Å². The predicted molar refractivity (Wildman–Crippen MR) is 88.8 cm³/mol. The molecule has 1 unspecified atom stereocenters. The number of carbonyl (C=O) groups excluding carboxylic acids is 2. The van der Waals surface area contributed by atoms with E-state index in [-0.39, 0.29) is 23.1 Å². The van der Waals surface area contributed by atoms with Crippen molar-refractivity contribution in [1.82, 2.24) is 15.6 Å². The molecule has 4 N–H and O–H groups in total. The van der Waals surface area contributed by atoms with E-state index in [9.17, 15) is 14.4 Å². The van der Waals surface area contributed by atoms with Gasteiger partial charge < -0.3 is 20.7 Å². The molecule has 7 heteroatoms. The normalized spacial score (nSPS) is 20.5. The highest BCUT2D eigenvalue weighted by atomic mass is 16.3. The van der Waals surface area contributed by atoms with Crippen molar-refractivity contribution in [1.29, 1.82) is 0 Å². The van der Waals surface area contributed by atoms with E-state index >= 15 is 0 Å². The Bertz CT molecular complexity index is 872. The van der Waals surface area contributed by atoms with E-state index in [0.29, 0.717) is 17.3 Å². The molecule has 0 saturated heterocycles. The summed E-state index contributed by atoms with van der Waals surface area (Å²) in [5.74, 6) is -0.950. The van der Waals surface area contributed by atoms with Crippen LogP contribution < -0.4 is 16.1 Å². The summed E-state index contributed by atoms with van der Waals surface area (Å²) in [6.07, 6.45) is 0.904. The predicted octanol–water partition coefficient (Wildman–Crippen LogP) is 0.204. The quantitative estimate of drug-likeness (QED) is 0.642. The van der Waals surface area contributed by atoms with Gasteiger partial charge in [0.1, 0.15) is 11.7 Å². The van der Waals surface area contributed by atoms with Crippen LogP contribution >= 0.6 is 0 Å². The summed E-state index contributed by atoms with van der Waals surface area (Å²) >= 11 is 0. The minimum absolute atomic E-state index is 0.0422. The van der Waals surface area contributed by atoms with E-state index < -0.39 is 17.9 Å². The fraction of sp³-hybridized carbons (Fsp3) is 0.353. The van der Waals surface area contributed by atoms with Gasteiger partial charge >= 0.3 is 0 Å². The fourth-order valence-corrected chi connectivity index (χ4v) is 2.64. The lowest BCUT2D eigenvalue weighted by molar-refractivity contribution is -0.128. The largest absolute Gasteiger partial charge is 0.384 e. The maximum Gasteiger partial charge on any atom is 0.257 e. The topological polar surface area (TPSA) is 111 Å². The van der Waals surface area contributed by atoms with Crippen molar-refractivity contribution in [2.24, 2.45) is 0 Å². The molecular weight excluding hydrogens is 310 g/mol. The number of H-pyrrole nitrogens is 1. The third kappa shape index (κ3) is 3.03. The molecule has 1 aliphatic carbocycles. The first kappa shape index (κ1) is 16.2. The Hall–Kier alpha value is -2.67. The first-order valence-corrected chi connectivity index (χ1v) is 7.79. The van der Waals surface area contributed by atoms with Crippen LogP contribution in [0.3, 0.4) is 0 Å². The van der Waals surface area contributed by atoms with Crippen LogP contribution in [0.5, 0.6) is 0 Å². The zero-order chi connectivity index (χ0) is 17.4. The molecule has 2 aromatic rings. The van der Waals surface area contributed by atoms with Gasteiger partial charge in [0.2, 0.25) is 11.3 Å². The van der Waals surface area contributed by atoms with Gasteiger partial charge in [-0.3, -0.25) is 14.4 Å². The molecular formula is C17H19N3O4. The number of aryl methyl sites for hydroxylation is 1. The van der Waals surface area contributed by atoms with Crippen LogP contribution in [0.15, 0.2) is 29.2 Å². The highest BCUT2D eigenvalue weighted by molar-refractivity contribution is 5.98. The molecule has 3 atom stereocenters. The van der Waals surface area contributed by atoms with Crippen LogP contribution in [-0.4, -0.2) is 40.1 Å². The van der Waals surface area contributed by atoms with Crippen molar-refractivity contribution in [3.63, 3.8) is 0 Å². The zero-order valence-electron chi connectivity index (χ0n) is 13.4. The standard InChI is InChI=1S/C17H19N3O4/c1-8-4-3-5-10-14(8)18-7-11(15(10)22)17(24)20-13-6-12(13)19-16(23)9(2)21/h3-5,7,9,12-13,21H,6H2,1-2H3,(H,18,22)(H,19,23)(H,20,24)/t9?,12-,13-/m0/s1. The number of aromatic amines is 1. The molecule has 1 fully saturated rings. The number of aromatic nitrogens is 1. The van der Waals surface area contributed by atoms with Gasteiger partial charge in [0.25, 0.3) is 5.91 Å². The van der Waals surface area contributed by atoms with E-state index in [4.69, 9.17) is 5.11 Å². The number of benzene rings is 1. The highest BCUT2D eigenvalue weighted by Gasteiger charge is 2.40. The van der Waals surface area contributed by atoms with Gasteiger partial charge in [-0.2, -0.15) is 0 Å². The van der Waals surface area contributed by atoms with Gasteiger partial charge in [-0.15, -0.1) is 0 Å². The molecule has 0 bridgehead atoms. The van der Waals surface area contributed by atoms with Crippen molar-refractivity contribution >= 4 is 22.7 Å². The van der Waals surface area contributed by atoms with Crippen LogP contribution in [-0.2, 0) is 4.79 Å². The monoisotopic (exact) mass is 329 g/mol. The Morgan fingerprint density at radius 2 is 2.00 bits per heavy atom. The number of amides is 2. The molecule has 24 heavy (non-hydrogen) atoms. The Morgan fingerprint density at radius 3 is 2.71 bits per heavy atom. The molecule has 3 rings (SSSR count). The van der Waals surface area contributed by atoms with E-state index in [1.54, 1.807) is 12.1 Å². The molecule has 1 saturated carbocycles. The Labute approximate surface area is 138 Å². The molecule has 7 nitrogen and oxygen atoms in total. The number of fused-ring (bicyclic) bond motifs is 1. The third-order valence-corrected chi connectivity index (χ3v) is 4.18. The number of rotatable bonds is 4. The minimum Gasteiger partial charge on any atom is -0.384 e. The lowest BCUT2D eigenvalue weighted by Gasteiger charge is -2.08. The maximum absolute atomic E-state index is 12.5. The van der Waals surface area contributed by atoms with Gasteiger partial charge in [-0.05, 0) is 31.9 Å². The van der Waals surface area contributed by atoms with Crippen LogP contribution in [0.4, 0.5) is 0 Å². The molecule has 2 amide bonds. The lowest BCUT2D eigenvalue weighted by Crippen LogP contribution is -2.39. The summed E-state index contributed by atoms with van der Waals surface area (Å²) in [6.45, 7) is 3.26. The fourth-order valence-electron chi connectivity index (χ4n) is 2.64. The van der Waals surface area contributed by atoms with E-state index in [2.05, 4.69) is 15.6 Å². The lowest BCUT2D eigenvalue weighted by atomic mass is 10.1. The second kappa shape index (κ2) is 6.09. The maximum atomic E-state index is 12.5. The molecule has 0 spiro atoms. The summed E-state index contributed by atoms with van der Waals surface area (Å²) in [4.78, 5) is 39.2. The van der Waals surface area contributed by atoms with Crippen molar-refractivity contribution in [2.75, 3.05) is 0 Å². The van der Waals surface area contributed by atoms with Crippen molar-refractivity contribution in [2.45, 2.75) is 38.5 Å². The number of para-hydroxylation sites is 1. The van der Waals surface area contributed by atoms with Crippen LogP contribution in [0.2, 0.25) is 0 Å². The number of aliphatic hydroxyl groups excluding tert-OH is 1. The highest BCUT2D eigenvalue weighted by Crippen LogP contribution is 2.22. The SMILES string of the molecule is Cc1cccc2c(=O)c(C(=O)N[C@H]3C[C@@H]3NC(=O)C(C)O)c[nH]c12. The van der Waals surface area contributed by atoms with E-state index in [1.165, 1.54) is 13.1 Å². The van der Waals surface area contributed by atoms with Crippen molar-refractivity contribution in [3.8, 4) is 0 Å². The minimum atomic E-state index is -1.09. The molecule has 0 aliphatic heterocycles. The van der Waals surface area contributed by atoms with Gasteiger partial charge in [-0.25, -0.2) is 0 Å². The summed E-state index contributed by atoms with van der Waals surface area (Å²) in [5.41, 5.74) is 1.36. The second-order valence-electron chi connectivity index (χ2n) is 6.14. The second-order valence-corrected chi connectivity index (χ2v) is 6.14. The zero-order valence-corrected chi connectivity index (χ0v) is 13.4. The number of aliphatic hydroxyl groups is 1. The van der Waals surface area contributed by atoms with Crippen LogP contribution in [0.25, 0.3) is 10.9 Å². The average molecular weight is 329 g/mol. The van der Waals surface area contributed by atoms with Crippen LogP contribution in [0, 0.1) is 6.92 Å².